The zero-order valence-corrected chi connectivity index (χ0v) is 13.8. The highest BCUT2D eigenvalue weighted by Gasteiger charge is 2.21. The molecule has 0 saturated heterocycles. The molecular formula is C13H20N4O2S2. The molecule has 0 atom stereocenters. The molecule has 0 aliphatic carbocycles. The number of H-pyrrole nitrogens is 1. The lowest BCUT2D eigenvalue weighted by molar-refractivity contribution is 0.577. The Morgan fingerprint density at radius 2 is 2.19 bits per heavy atom. The summed E-state index contributed by atoms with van der Waals surface area (Å²) < 4.78 is 27.3. The van der Waals surface area contributed by atoms with Crippen LogP contribution in [0.5, 0.6) is 0 Å². The van der Waals surface area contributed by atoms with Crippen molar-refractivity contribution in [2.24, 2.45) is 5.73 Å². The minimum Gasteiger partial charge on any atom is -0.326 e. The number of rotatable bonds is 7. The second kappa shape index (κ2) is 6.69. The number of nitrogens with two attached hydrogens (primary N) is 1. The molecule has 0 aromatic carbocycles. The van der Waals surface area contributed by atoms with E-state index in [1.807, 2.05) is 12.3 Å². The van der Waals surface area contributed by atoms with Gasteiger partial charge >= 0.3 is 0 Å². The molecule has 0 saturated carbocycles. The van der Waals surface area contributed by atoms with Crippen LogP contribution in [0.2, 0.25) is 0 Å². The molecule has 0 radical (unpaired) electrons. The number of sulfonamides is 1. The molecule has 0 bridgehead atoms. The lowest BCUT2D eigenvalue weighted by Crippen LogP contribution is -2.26. The molecule has 116 valence electrons. The van der Waals surface area contributed by atoms with Crippen LogP contribution in [0.3, 0.4) is 0 Å². The molecule has 2 rings (SSSR count). The maximum atomic E-state index is 12.3. The van der Waals surface area contributed by atoms with Crippen molar-refractivity contribution in [1.82, 2.24) is 14.9 Å². The van der Waals surface area contributed by atoms with Crippen LogP contribution in [-0.2, 0) is 23.0 Å². The van der Waals surface area contributed by atoms with Gasteiger partial charge in [-0.3, -0.25) is 5.10 Å². The Hall–Kier alpha value is -1.22. The smallest absolute Gasteiger partial charge is 0.241 e. The monoisotopic (exact) mass is 328 g/mol. The molecule has 0 aliphatic rings. The normalized spacial score (nSPS) is 12.0. The van der Waals surface area contributed by atoms with Crippen molar-refractivity contribution in [3.8, 4) is 0 Å². The third kappa shape index (κ3) is 3.70. The van der Waals surface area contributed by atoms with E-state index in [1.54, 1.807) is 13.1 Å². The molecular weight excluding hydrogens is 308 g/mol. The second-order valence-corrected chi connectivity index (χ2v) is 7.56. The van der Waals surface area contributed by atoms with Crippen molar-refractivity contribution < 1.29 is 8.42 Å². The van der Waals surface area contributed by atoms with Crippen molar-refractivity contribution in [2.45, 2.75) is 38.1 Å². The number of nitrogens with zero attached hydrogens (tertiary/aromatic N) is 1. The van der Waals surface area contributed by atoms with E-state index in [4.69, 9.17) is 5.73 Å². The van der Waals surface area contributed by atoms with E-state index in [1.165, 1.54) is 11.3 Å². The zero-order chi connectivity index (χ0) is 15.5. The average molecular weight is 328 g/mol. The van der Waals surface area contributed by atoms with Gasteiger partial charge in [-0.25, -0.2) is 13.1 Å². The van der Waals surface area contributed by atoms with Crippen LogP contribution in [0.4, 0.5) is 0 Å². The van der Waals surface area contributed by atoms with Gasteiger partial charge in [-0.15, -0.1) is 11.3 Å². The quantitative estimate of drug-likeness (QED) is 0.670. The first-order chi connectivity index (χ1) is 9.95. The lowest BCUT2D eigenvalue weighted by atomic mass is 10.1. The predicted octanol–water partition coefficient (Wildman–Crippen LogP) is 1.46. The molecule has 0 aliphatic heterocycles. The van der Waals surface area contributed by atoms with Crippen molar-refractivity contribution in [3.63, 3.8) is 0 Å². The van der Waals surface area contributed by atoms with E-state index >= 15 is 0 Å². The number of nitrogens with one attached hydrogen (secondary N) is 2. The molecule has 0 fully saturated rings. The van der Waals surface area contributed by atoms with E-state index < -0.39 is 10.0 Å². The van der Waals surface area contributed by atoms with E-state index in [9.17, 15) is 8.42 Å². The van der Waals surface area contributed by atoms with Crippen LogP contribution in [0.1, 0.15) is 28.1 Å². The fourth-order valence-electron chi connectivity index (χ4n) is 2.17. The molecule has 6 nitrogen and oxygen atoms in total. The van der Waals surface area contributed by atoms with Gasteiger partial charge in [0, 0.05) is 23.7 Å². The van der Waals surface area contributed by atoms with Crippen molar-refractivity contribution in [3.05, 3.63) is 33.3 Å². The number of thiophene rings is 1. The Bertz CT molecular complexity index is 704. The van der Waals surface area contributed by atoms with Crippen molar-refractivity contribution >= 4 is 21.4 Å². The van der Waals surface area contributed by atoms with Crippen LogP contribution in [0.15, 0.2) is 16.5 Å². The summed E-state index contributed by atoms with van der Waals surface area (Å²) in [6.07, 6.45) is 3.29. The van der Waals surface area contributed by atoms with Gasteiger partial charge in [0.25, 0.3) is 0 Å². The van der Waals surface area contributed by atoms with Crippen LogP contribution in [-0.4, -0.2) is 25.2 Å². The zero-order valence-electron chi connectivity index (χ0n) is 12.1. The number of hydrogen-bond acceptors (Lipinski definition) is 5. The molecule has 8 heteroatoms. The first-order valence-electron chi connectivity index (χ1n) is 6.71. The first kappa shape index (κ1) is 16.2. The molecule has 0 spiro atoms. The van der Waals surface area contributed by atoms with E-state index in [0.717, 1.165) is 29.7 Å². The lowest BCUT2D eigenvalue weighted by Gasteiger charge is -2.08. The van der Waals surface area contributed by atoms with Crippen LogP contribution in [0.25, 0.3) is 0 Å². The maximum Gasteiger partial charge on any atom is 0.241 e. The number of aromatic nitrogens is 2. The molecule has 4 N–H and O–H groups in total. The van der Waals surface area contributed by atoms with Crippen molar-refractivity contribution in [1.29, 1.82) is 0 Å². The molecule has 0 amide bonds. The van der Waals surface area contributed by atoms with Gasteiger partial charge in [0.1, 0.15) is 4.90 Å². The summed E-state index contributed by atoms with van der Waals surface area (Å²) in [5, 5.41) is 8.64. The summed E-state index contributed by atoms with van der Waals surface area (Å²) >= 11 is 1.39. The fraction of sp³-hybridized carbons (Fsp3) is 0.462. The number of aromatic amines is 1. The third-order valence-electron chi connectivity index (χ3n) is 3.29. The topological polar surface area (TPSA) is 101 Å². The summed E-state index contributed by atoms with van der Waals surface area (Å²) in [6, 6.07) is 0. The summed E-state index contributed by atoms with van der Waals surface area (Å²) in [5.74, 6) is 0. The minimum absolute atomic E-state index is 0.239. The van der Waals surface area contributed by atoms with Crippen molar-refractivity contribution in [2.75, 3.05) is 6.54 Å². The van der Waals surface area contributed by atoms with Gasteiger partial charge in [0.15, 0.2) is 0 Å². The summed E-state index contributed by atoms with van der Waals surface area (Å²) in [6.45, 7) is 4.38. The first-order valence-corrected chi connectivity index (χ1v) is 9.07. The number of aryl methyl sites for hydroxylation is 3. The van der Waals surface area contributed by atoms with Gasteiger partial charge in [0.05, 0.1) is 6.20 Å². The summed E-state index contributed by atoms with van der Waals surface area (Å²) in [7, 11) is -3.48. The standard InChI is InChI=1S/C13H20N4O2S2/c1-9-8-20-12(6-14)13(9)21(18,19)16-5-3-4-11-7-15-17-10(11)2/h7-8,16H,3-6,14H2,1-2H3,(H,15,17). The van der Waals surface area contributed by atoms with Gasteiger partial charge in [0.2, 0.25) is 10.0 Å². The Balaban J connectivity index is 1.96. The summed E-state index contributed by atoms with van der Waals surface area (Å²) in [5.41, 5.74) is 8.49. The van der Waals surface area contributed by atoms with Gasteiger partial charge in [-0.1, -0.05) is 0 Å². The Morgan fingerprint density at radius 3 is 2.81 bits per heavy atom. The molecule has 2 aromatic rings. The molecule has 2 heterocycles. The van der Waals surface area contributed by atoms with Crippen LogP contribution < -0.4 is 10.5 Å². The van der Waals surface area contributed by atoms with Crippen LogP contribution in [0, 0.1) is 13.8 Å². The van der Waals surface area contributed by atoms with E-state index in [0.29, 0.717) is 16.3 Å². The van der Waals surface area contributed by atoms with Gasteiger partial charge < -0.3 is 5.73 Å². The predicted molar refractivity (Wildman–Crippen MR) is 83.8 cm³/mol. The van der Waals surface area contributed by atoms with E-state index in [2.05, 4.69) is 14.9 Å². The highest BCUT2D eigenvalue weighted by Crippen LogP contribution is 2.26. The van der Waals surface area contributed by atoms with Crippen LogP contribution >= 0.6 is 11.3 Å². The highest BCUT2D eigenvalue weighted by molar-refractivity contribution is 7.89. The average Bonchev–Trinajstić information content (AvgIpc) is 3.01. The minimum atomic E-state index is -3.48. The SMILES string of the molecule is Cc1csc(CN)c1S(=O)(=O)NCCCc1cn[nH]c1C. The Morgan fingerprint density at radius 1 is 1.43 bits per heavy atom. The number of hydrogen-bond donors (Lipinski definition) is 3. The van der Waals surface area contributed by atoms with Gasteiger partial charge in [-0.2, -0.15) is 5.10 Å². The molecule has 2 aromatic heterocycles. The van der Waals surface area contributed by atoms with E-state index in [-0.39, 0.29) is 6.54 Å². The maximum absolute atomic E-state index is 12.3. The third-order valence-corrected chi connectivity index (χ3v) is 6.24. The Labute approximate surface area is 128 Å². The molecule has 0 unspecified atom stereocenters. The second-order valence-electron chi connectivity index (χ2n) is 4.90. The summed E-state index contributed by atoms with van der Waals surface area (Å²) in [4.78, 5) is 1.04. The fourth-order valence-corrected chi connectivity index (χ4v) is 4.95. The largest absolute Gasteiger partial charge is 0.326 e. The Kier molecular flexibility index (Phi) is 5.15. The highest BCUT2D eigenvalue weighted by atomic mass is 32.2. The molecule has 21 heavy (non-hydrogen) atoms. The van der Waals surface area contributed by atoms with Gasteiger partial charge in [-0.05, 0) is 43.2 Å².